The van der Waals surface area contributed by atoms with E-state index in [0.29, 0.717) is 5.41 Å². The van der Waals surface area contributed by atoms with Crippen molar-refractivity contribution in [2.24, 2.45) is 5.41 Å². The quantitative estimate of drug-likeness (QED) is 0.837. The first kappa shape index (κ1) is 13.8. The van der Waals surface area contributed by atoms with E-state index < -0.39 is 0 Å². The maximum absolute atomic E-state index is 6.49. The molecule has 1 heterocycles. The Morgan fingerprint density at radius 1 is 1.05 bits per heavy atom. The minimum Gasteiger partial charge on any atom is -0.487 e. The van der Waals surface area contributed by atoms with E-state index in [0.717, 1.165) is 31.6 Å². The van der Waals surface area contributed by atoms with Crippen molar-refractivity contribution in [2.75, 3.05) is 11.9 Å². The summed E-state index contributed by atoms with van der Waals surface area (Å²) in [6.45, 7) is 8.13. The smallest absolute Gasteiger partial charge is 0.125 e. The highest BCUT2D eigenvalue weighted by Crippen LogP contribution is 2.43. The van der Waals surface area contributed by atoms with Crippen LogP contribution in [0.15, 0.2) is 18.2 Å². The van der Waals surface area contributed by atoms with Crippen LogP contribution >= 0.6 is 0 Å². The maximum atomic E-state index is 6.49. The number of hydrogen-bond donors (Lipinski definition) is 1. The van der Waals surface area contributed by atoms with E-state index in [9.17, 15) is 0 Å². The van der Waals surface area contributed by atoms with Crippen molar-refractivity contribution < 1.29 is 4.74 Å². The SMILES string of the molecule is CC1(C)CCC(C)(Oc2cccc3c2CCCN3)CC1. The lowest BCUT2D eigenvalue weighted by Crippen LogP contribution is -2.39. The number of ether oxygens (including phenoxy) is 1. The van der Waals surface area contributed by atoms with Gasteiger partial charge >= 0.3 is 0 Å². The molecule has 1 aromatic carbocycles. The van der Waals surface area contributed by atoms with Crippen LogP contribution in [0.5, 0.6) is 5.75 Å². The summed E-state index contributed by atoms with van der Waals surface area (Å²) in [6.07, 6.45) is 7.19. The Balaban J connectivity index is 1.78. The van der Waals surface area contributed by atoms with Crippen LogP contribution in [-0.4, -0.2) is 12.1 Å². The molecule has 1 aromatic rings. The fourth-order valence-electron chi connectivity index (χ4n) is 3.40. The van der Waals surface area contributed by atoms with Crippen molar-refractivity contribution in [1.29, 1.82) is 0 Å². The van der Waals surface area contributed by atoms with Gasteiger partial charge in [0.1, 0.15) is 11.4 Å². The molecule has 0 aromatic heterocycles. The summed E-state index contributed by atoms with van der Waals surface area (Å²) < 4.78 is 6.49. The average molecular weight is 273 g/mol. The molecule has 110 valence electrons. The van der Waals surface area contributed by atoms with Gasteiger partial charge in [-0.25, -0.2) is 0 Å². The van der Waals surface area contributed by atoms with Crippen molar-refractivity contribution in [2.45, 2.75) is 64.9 Å². The Bertz CT molecular complexity index is 482. The zero-order valence-corrected chi connectivity index (χ0v) is 13.1. The fraction of sp³-hybridized carbons (Fsp3) is 0.667. The molecule has 1 N–H and O–H groups in total. The summed E-state index contributed by atoms with van der Waals surface area (Å²) in [5.41, 5.74) is 3.15. The van der Waals surface area contributed by atoms with Gasteiger partial charge in [-0.2, -0.15) is 0 Å². The molecule has 0 unspecified atom stereocenters. The average Bonchev–Trinajstić information content (AvgIpc) is 2.43. The number of hydrogen-bond acceptors (Lipinski definition) is 2. The molecule has 1 saturated carbocycles. The molecule has 0 spiro atoms. The first-order valence-corrected chi connectivity index (χ1v) is 8.02. The van der Waals surface area contributed by atoms with Gasteiger partial charge in [-0.15, -0.1) is 0 Å². The summed E-state index contributed by atoms with van der Waals surface area (Å²) in [7, 11) is 0. The van der Waals surface area contributed by atoms with E-state index >= 15 is 0 Å². The van der Waals surface area contributed by atoms with Gasteiger partial charge in [0.2, 0.25) is 0 Å². The summed E-state index contributed by atoms with van der Waals surface area (Å²) in [5, 5.41) is 3.49. The predicted octanol–water partition coefficient (Wildman–Crippen LogP) is 4.78. The van der Waals surface area contributed by atoms with Crippen molar-refractivity contribution in [3.63, 3.8) is 0 Å². The van der Waals surface area contributed by atoms with E-state index in [2.05, 4.69) is 44.3 Å². The summed E-state index contributed by atoms with van der Waals surface area (Å²) in [5.74, 6) is 1.11. The Kier molecular flexibility index (Phi) is 3.43. The predicted molar refractivity (Wildman–Crippen MR) is 84.5 cm³/mol. The first-order valence-electron chi connectivity index (χ1n) is 8.02. The molecule has 0 radical (unpaired) electrons. The minimum atomic E-state index is 0.0160. The lowest BCUT2D eigenvalue weighted by molar-refractivity contribution is 0.0118. The monoisotopic (exact) mass is 273 g/mol. The zero-order chi connectivity index (χ0) is 14.2. The number of benzene rings is 1. The first-order chi connectivity index (χ1) is 9.48. The number of fused-ring (bicyclic) bond motifs is 1. The van der Waals surface area contributed by atoms with E-state index in [4.69, 9.17) is 4.74 Å². The zero-order valence-electron chi connectivity index (χ0n) is 13.1. The standard InChI is InChI=1S/C18H27NO/c1-17(2)9-11-18(3,12-10-17)20-16-8-4-7-15-14(16)6-5-13-19-15/h4,7-8,19H,5-6,9-13H2,1-3H3. The minimum absolute atomic E-state index is 0.0160. The molecule has 2 nitrogen and oxygen atoms in total. The second-order valence-electron chi connectivity index (χ2n) is 7.53. The largest absolute Gasteiger partial charge is 0.487 e. The molecule has 1 aliphatic carbocycles. The molecular weight excluding hydrogens is 246 g/mol. The molecule has 2 aliphatic rings. The second kappa shape index (κ2) is 4.98. The molecule has 2 heteroatoms. The van der Waals surface area contributed by atoms with Crippen molar-refractivity contribution in [3.05, 3.63) is 23.8 Å². The van der Waals surface area contributed by atoms with E-state index in [1.807, 2.05) is 0 Å². The molecule has 0 atom stereocenters. The van der Waals surface area contributed by atoms with E-state index in [-0.39, 0.29) is 5.60 Å². The van der Waals surface area contributed by atoms with Gasteiger partial charge in [0.25, 0.3) is 0 Å². The Hall–Kier alpha value is -1.18. The summed E-state index contributed by atoms with van der Waals surface area (Å²) >= 11 is 0. The van der Waals surface area contributed by atoms with E-state index in [1.54, 1.807) is 0 Å². The maximum Gasteiger partial charge on any atom is 0.125 e. The topological polar surface area (TPSA) is 21.3 Å². The second-order valence-corrected chi connectivity index (χ2v) is 7.53. The summed E-state index contributed by atoms with van der Waals surface area (Å²) in [4.78, 5) is 0. The molecule has 20 heavy (non-hydrogen) atoms. The van der Waals surface area contributed by atoms with Crippen LogP contribution in [0.2, 0.25) is 0 Å². The highest BCUT2D eigenvalue weighted by Gasteiger charge is 2.37. The van der Waals surface area contributed by atoms with Crippen molar-refractivity contribution in [1.82, 2.24) is 0 Å². The molecule has 1 aliphatic heterocycles. The van der Waals surface area contributed by atoms with Gasteiger partial charge < -0.3 is 10.1 Å². The van der Waals surface area contributed by atoms with Crippen LogP contribution < -0.4 is 10.1 Å². The third-order valence-electron chi connectivity index (χ3n) is 5.07. The number of rotatable bonds is 2. The van der Waals surface area contributed by atoms with E-state index in [1.165, 1.54) is 30.5 Å². The van der Waals surface area contributed by atoms with Crippen LogP contribution in [-0.2, 0) is 6.42 Å². The van der Waals surface area contributed by atoms with Gasteiger partial charge in [-0.3, -0.25) is 0 Å². The Morgan fingerprint density at radius 3 is 2.55 bits per heavy atom. The fourth-order valence-corrected chi connectivity index (χ4v) is 3.40. The van der Waals surface area contributed by atoms with Crippen LogP contribution in [0, 0.1) is 5.41 Å². The van der Waals surface area contributed by atoms with Crippen LogP contribution in [0.4, 0.5) is 5.69 Å². The van der Waals surface area contributed by atoms with Gasteiger partial charge in [0.05, 0.1) is 0 Å². The Labute approximate surface area is 122 Å². The van der Waals surface area contributed by atoms with Crippen LogP contribution in [0.1, 0.15) is 58.4 Å². The molecule has 0 saturated heterocycles. The van der Waals surface area contributed by atoms with Crippen LogP contribution in [0.25, 0.3) is 0 Å². The normalized spacial score (nSPS) is 23.6. The lowest BCUT2D eigenvalue weighted by Gasteiger charge is -2.42. The van der Waals surface area contributed by atoms with Gasteiger partial charge in [-0.1, -0.05) is 19.9 Å². The van der Waals surface area contributed by atoms with Gasteiger partial charge in [0, 0.05) is 17.8 Å². The molecule has 3 rings (SSSR count). The lowest BCUT2D eigenvalue weighted by atomic mass is 9.71. The van der Waals surface area contributed by atoms with Gasteiger partial charge in [-0.05, 0) is 63.0 Å². The summed E-state index contributed by atoms with van der Waals surface area (Å²) in [6, 6.07) is 6.44. The molecule has 0 bridgehead atoms. The molecule has 1 fully saturated rings. The molecular formula is C18H27NO. The highest BCUT2D eigenvalue weighted by atomic mass is 16.5. The molecule has 0 amide bonds. The third kappa shape index (κ3) is 2.79. The highest BCUT2D eigenvalue weighted by molar-refractivity contribution is 5.59. The Morgan fingerprint density at radius 2 is 1.80 bits per heavy atom. The number of anilines is 1. The van der Waals surface area contributed by atoms with Crippen molar-refractivity contribution >= 4 is 5.69 Å². The third-order valence-corrected chi connectivity index (χ3v) is 5.07. The van der Waals surface area contributed by atoms with Crippen LogP contribution in [0.3, 0.4) is 0 Å². The van der Waals surface area contributed by atoms with Gasteiger partial charge in [0.15, 0.2) is 0 Å². The van der Waals surface area contributed by atoms with Crippen molar-refractivity contribution in [3.8, 4) is 5.75 Å². The number of nitrogens with one attached hydrogen (secondary N) is 1.